The molecule has 1 aliphatic rings. The van der Waals surface area contributed by atoms with Crippen LogP contribution in [0.3, 0.4) is 0 Å². The average molecular weight is 368 g/mol. The van der Waals surface area contributed by atoms with Crippen LogP contribution in [0.5, 0.6) is 0 Å². The van der Waals surface area contributed by atoms with Crippen molar-refractivity contribution in [3.8, 4) is 0 Å². The molecule has 140 valence electrons. The number of anilines is 1. The molecule has 1 aromatic carbocycles. The lowest BCUT2D eigenvalue weighted by molar-refractivity contribution is 0.232. The summed E-state index contributed by atoms with van der Waals surface area (Å²) in [6.07, 6.45) is 4.51. The molecule has 1 aliphatic carbocycles. The summed E-state index contributed by atoms with van der Waals surface area (Å²) in [6.45, 7) is 5.81. The minimum absolute atomic E-state index is 0.119. The van der Waals surface area contributed by atoms with E-state index in [1.807, 2.05) is 13.8 Å². The number of rotatable bonds is 5. The molecule has 0 spiro atoms. The number of carbonyl (C=O) groups excluding carboxylic acids is 1. The minimum Gasteiger partial charge on any atom is -0.335 e. The molecule has 2 atom stereocenters. The first kappa shape index (κ1) is 19.7. The highest BCUT2D eigenvalue weighted by Crippen LogP contribution is 2.24. The quantitative estimate of drug-likeness (QED) is 0.837. The van der Waals surface area contributed by atoms with Gasteiger partial charge in [0.15, 0.2) is 0 Å². The summed E-state index contributed by atoms with van der Waals surface area (Å²) in [5.41, 5.74) is 0.576. The monoisotopic (exact) mass is 367 g/mol. The van der Waals surface area contributed by atoms with Crippen LogP contribution in [0.4, 0.5) is 10.5 Å². The van der Waals surface area contributed by atoms with E-state index >= 15 is 0 Å². The van der Waals surface area contributed by atoms with Gasteiger partial charge in [0, 0.05) is 24.8 Å². The van der Waals surface area contributed by atoms with Crippen molar-refractivity contribution >= 4 is 21.7 Å². The average Bonchev–Trinajstić information content (AvgIpc) is 2.56. The summed E-state index contributed by atoms with van der Waals surface area (Å²) in [6, 6.07) is 6.11. The second kappa shape index (κ2) is 8.19. The van der Waals surface area contributed by atoms with Crippen molar-refractivity contribution < 1.29 is 13.2 Å². The van der Waals surface area contributed by atoms with Crippen molar-refractivity contribution in [1.82, 2.24) is 9.62 Å². The number of urea groups is 1. The topological polar surface area (TPSA) is 78.5 Å². The predicted molar refractivity (Wildman–Crippen MR) is 100 cm³/mol. The van der Waals surface area contributed by atoms with E-state index in [0.717, 1.165) is 19.3 Å². The molecule has 2 N–H and O–H groups in total. The summed E-state index contributed by atoms with van der Waals surface area (Å²) in [5.74, 6) is 0.485. The van der Waals surface area contributed by atoms with Gasteiger partial charge < -0.3 is 10.6 Å². The van der Waals surface area contributed by atoms with E-state index in [1.165, 1.54) is 22.9 Å². The number of nitrogens with zero attached hydrogens (tertiary/aromatic N) is 1. The van der Waals surface area contributed by atoms with E-state index in [9.17, 15) is 13.2 Å². The maximum absolute atomic E-state index is 12.4. The number of benzene rings is 1. The molecular formula is C18H29N3O3S. The number of sulfonamides is 1. The van der Waals surface area contributed by atoms with Gasteiger partial charge in [-0.3, -0.25) is 0 Å². The van der Waals surface area contributed by atoms with Crippen LogP contribution in [0.25, 0.3) is 0 Å². The van der Waals surface area contributed by atoms with E-state index in [0.29, 0.717) is 11.6 Å². The lowest BCUT2D eigenvalue weighted by Crippen LogP contribution is -2.43. The van der Waals surface area contributed by atoms with E-state index < -0.39 is 10.0 Å². The van der Waals surface area contributed by atoms with Crippen LogP contribution in [0, 0.1) is 5.92 Å². The Balaban J connectivity index is 1.99. The zero-order valence-corrected chi connectivity index (χ0v) is 16.3. The van der Waals surface area contributed by atoms with Crippen molar-refractivity contribution in [2.75, 3.05) is 12.4 Å². The predicted octanol–water partition coefficient (Wildman–Crippen LogP) is 3.42. The first-order chi connectivity index (χ1) is 11.7. The van der Waals surface area contributed by atoms with E-state index in [-0.39, 0.29) is 23.0 Å². The Morgan fingerprint density at radius 2 is 1.76 bits per heavy atom. The molecule has 0 heterocycles. The second-order valence-corrected chi connectivity index (χ2v) is 9.10. The Labute approximate surface area is 151 Å². The smallest absolute Gasteiger partial charge is 0.319 e. The van der Waals surface area contributed by atoms with E-state index in [1.54, 1.807) is 19.2 Å². The van der Waals surface area contributed by atoms with Gasteiger partial charge in [-0.1, -0.05) is 19.8 Å². The highest BCUT2D eigenvalue weighted by atomic mass is 32.2. The van der Waals surface area contributed by atoms with E-state index in [4.69, 9.17) is 0 Å². The van der Waals surface area contributed by atoms with Crippen LogP contribution < -0.4 is 10.6 Å². The van der Waals surface area contributed by atoms with Crippen LogP contribution in [0.15, 0.2) is 29.2 Å². The standard InChI is InChI=1S/C18H29N3O3S/c1-13(2)21(4)25(23,24)16-11-9-15(10-12-16)19-18(22)20-17-8-6-5-7-14(17)3/h9-14,17H,5-8H2,1-4H3,(H2,19,20,22). The summed E-state index contributed by atoms with van der Waals surface area (Å²) >= 11 is 0. The third-order valence-corrected chi connectivity index (χ3v) is 6.99. The molecule has 1 saturated carbocycles. The maximum atomic E-state index is 12.4. The summed E-state index contributed by atoms with van der Waals surface area (Å²) in [4.78, 5) is 12.4. The largest absolute Gasteiger partial charge is 0.335 e. The lowest BCUT2D eigenvalue weighted by Gasteiger charge is -2.29. The molecule has 25 heavy (non-hydrogen) atoms. The van der Waals surface area contributed by atoms with Gasteiger partial charge in [-0.15, -0.1) is 0 Å². The van der Waals surface area contributed by atoms with Crippen molar-refractivity contribution in [3.63, 3.8) is 0 Å². The molecule has 0 aliphatic heterocycles. The lowest BCUT2D eigenvalue weighted by atomic mass is 9.86. The SMILES string of the molecule is CC1CCCCC1NC(=O)Nc1ccc(S(=O)(=O)N(C)C(C)C)cc1. The Bertz CT molecular complexity index is 686. The number of nitrogens with one attached hydrogen (secondary N) is 2. The molecule has 0 bridgehead atoms. The molecule has 7 heteroatoms. The minimum atomic E-state index is -3.51. The second-order valence-electron chi connectivity index (χ2n) is 7.11. The van der Waals surface area contributed by atoms with Gasteiger partial charge in [-0.05, 0) is 56.9 Å². The van der Waals surface area contributed by atoms with Gasteiger partial charge in [-0.25, -0.2) is 13.2 Å². The van der Waals surface area contributed by atoms with Crippen LogP contribution in [-0.2, 0) is 10.0 Å². The molecular weight excluding hydrogens is 338 g/mol. The third kappa shape index (κ3) is 4.95. The van der Waals surface area contributed by atoms with Gasteiger partial charge >= 0.3 is 6.03 Å². The molecule has 2 unspecified atom stereocenters. The van der Waals surface area contributed by atoms with Crippen molar-refractivity contribution in [2.24, 2.45) is 5.92 Å². The van der Waals surface area contributed by atoms with Gasteiger partial charge in [0.25, 0.3) is 0 Å². The van der Waals surface area contributed by atoms with Gasteiger partial charge in [0.2, 0.25) is 10.0 Å². The number of carbonyl (C=O) groups is 1. The zero-order chi connectivity index (χ0) is 18.6. The Morgan fingerprint density at radius 1 is 1.16 bits per heavy atom. The molecule has 1 fully saturated rings. The fourth-order valence-electron chi connectivity index (χ4n) is 3.02. The Hall–Kier alpha value is -1.60. The fourth-order valence-corrected chi connectivity index (χ4v) is 4.39. The molecule has 0 saturated heterocycles. The fraction of sp³-hybridized carbons (Fsp3) is 0.611. The van der Waals surface area contributed by atoms with Gasteiger partial charge in [0.1, 0.15) is 0 Å². The van der Waals surface area contributed by atoms with Gasteiger partial charge in [0.05, 0.1) is 4.90 Å². The van der Waals surface area contributed by atoms with Crippen LogP contribution in [0.2, 0.25) is 0 Å². The van der Waals surface area contributed by atoms with Crippen LogP contribution >= 0.6 is 0 Å². The first-order valence-electron chi connectivity index (χ1n) is 8.87. The summed E-state index contributed by atoms with van der Waals surface area (Å²) < 4.78 is 26.2. The van der Waals surface area contributed by atoms with E-state index in [2.05, 4.69) is 17.6 Å². The summed E-state index contributed by atoms with van der Waals surface area (Å²) in [7, 11) is -1.95. The molecule has 1 aromatic rings. The molecule has 2 amide bonds. The highest BCUT2D eigenvalue weighted by molar-refractivity contribution is 7.89. The summed E-state index contributed by atoms with van der Waals surface area (Å²) in [5, 5.41) is 5.80. The normalized spacial score (nSPS) is 21.4. The Morgan fingerprint density at radius 3 is 2.32 bits per heavy atom. The van der Waals surface area contributed by atoms with Gasteiger partial charge in [-0.2, -0.15) is 4.31 Å². The molecule has 6 nitrogen and oxygen atoms in total. The number of hydrogen-bond donors (Lipinski definition) is 2. The Kier molecular flexibility index (Phi) is 6.46. The molecule has 0 radical (unpaired) electrons. The molecule has 0 aromatic heterocycles. The van der Waals surface area contributed by atoms with Crippen LogP contribution in [0.1, 0.15) is 46.5 Å². The molecule has 2 rings (SSSR count). The highest BCUT2D eigenvalue weighted by Gasteiger charge is 2.24. The van der Waals surface area contributed by atoms with Crippen molar-refractivity contribution in [1.29, 1.82) is 0 Å². The first-order valence-corrected chi connectivity index (χ1v) is 10.3. The number of hydrogen-bond acceptors (Lipinski definition) is 3. The van der Waals surface area contributed by atoms with Crippen LogP contribution in [-0.4, -0.2) is 37.9 Å². The number of amides is 2. The third-order valence-electron chi connectivity index (χ3n) is 4.94. The van der Waals surface area contributed by atoms with Crippen molar-refractivity contribution in [2.45, 2.75) is 63.4 Å². The van der Waals surface area contributed by atoms with Crippen molar-refractivity contribution in [3.05, 3.63) is 24.3 Å². The zero-order valence-electron chi connectivity index (χ0n) is 15.5. The maximum Gasteiger partial charge on any atom is 0.319 e.